The minimum atomic E-state index is 0.391. The first-order valence-corrected chi connectivity index (χ1v) is 8.49. The van der Waals surface area contributed by atoms with Crippen LogP contribution in [0.5, 0.6) is 5.75 Å². The van der Waals surface area contributed by atoms with E-state index in [9.17, 15) is 0 Å². The third-order valence-electron chi connectivity index (χ3n) is 3.80. The van der Waals surface area contributed by atoms with Gasteiger partial charge in [-0.2, -0.15) is 0 Å². The Hall–Kier alpha value is -1.10. The zero-order chi connectivity index (χ0) is 14.8. The van der Waals surface area contributed by atoms with E-state index in [0.29, 0.717) is 11.1 Å². The third kappa shape index (κ3) is 2.93. The summed E-state index contributed by atoms with van der Waals surface area (Å²) in [6, 6.07) is 6.12. The summed E-state index contributed by atoms with van der Waals surface area (Å²) in [5.74, 6) is 0.786. The molecule has 5 heteroatoms. The predicted molar refractivity (Wildman–Crippen MR) is 88.5 cm³/mol. The number of aromatic nitrogens is 1. The van der Waals surface area contributed by atoms with E-state index in [-0.39, 0.29) is 0 Å². The highest BCUT2D eigenvalue weighted by Crippen LogP contribution is 2.40. The van der Waals surface area contributed by atoms with Crippen LogP contribution in [0.3, 0.4) is 0 Å². The van der Waals surface area contributed by atoms with Crippen molar-refractivity contribution >= 4 is 22.9 Å². The number of hydrogen-bond acceptors (Lipinski definition) is 4. The van der Waals surface area contributed by atoms with Gasteiger partial charge in [0.2, 0.25) is 0 Å². The fourth-order valence-electron chi connectivity index (χ4n) is 2.82. The van der Waals surface area contributed by atoms with E-state index in [0.717, 1.165) is 29.3 Å². The Labute approximate surface area is 134 Å². The van der Waals surface area contributed by atoms with E-state index < -0.39 is 0 Å². The van der Waals surface area contributed by atoms with Gasteiger partial charge in [0.25, 0.3) is 0 Å². The first kappa shape index (κ1) is 14.8. The van der Waals surface area contributed by atoms with Gasteiger partial charge < -0.3 is 10.1 Å². The van der Waals surface area contributed by atoms with Gasteiger partial charge in [0, 0.05) is 9.90 Å². The highest BCUT2D eigenvalue weighted by Gasteiger charge is 2.25. The van der Waals surface area contributed by atoms with Crippen LogP contribution in [0, 0.1) is 0 Å². The summed E-state index contributed by atoms with van der Waals surface area (Å²) < 4.78 is 5.45. The lowest BCUT2D eigenvalue weighted by molar-refractivity contribution is 0.416. The van der Waals surface area contributed by atoms with Crippen molar-refractivity contribution in [3.63, 3.8) is 0 Å². The highest BCUT2D eigenvalue weighted by molar-refractivity contribution is 7.15. The number of benzene rings is 1. The molecule has 0 radical (unpaired) electrons. The Bertz CT molecular complexity index is 641. The molecule has 1 unspecified atom stereocenters. The smallest absolute Gasteiger partial charge is 0.130 e. The molecule has 112 valence electrons. The largest absolute Gasteiger partial charge is 0.496 e. The number of methoxy groups -OCH3 is 1. The van der Waals surface area contributed by atoms with Crippen LogP contribution in [0.15, 0.2) is 18.2 Å². The Morgan fingerprint density at radius 3 is 3.10 bits per heavy atom. The van der Waals surface area contributed by atoms with Gasteiger partial charge in [-0.15, -0.1) is 11.3 Å². The molecule has 21 heavy (non-hydrogen) atoms. The zero-order valence-corrected chi connectivity index (χ0v) is 13.9. The van der Waals surface area contributed by atoms with E-state index in [1.165, 1.54) is 23.4 Å². The van der Waals surface area contributed by atoms with E-state index in [4.69, 9.17) is 21.3 Å². The zero-order valence-electron chi connectivity index (χ0n) is 12.3. The minimum Gasteiger partial charge on any atom is -0.496 e. The molecule has 1 atom stereocenters. The molecule has 3 rings (SSSR count). The number of ether oxygens (including phenoxy) is 1. The van der Waals surface area contributed by atoms with E-state index in [1.54, 1.807) is 18.4 Å². The second-order valence-corrected chi connectivity index (χ2v) is 6.69. The first-order chi connectivity index (χ1) is 10.2. The molecule has 0 spiro atoms. The normalized spacial score (nSPS) is 17.6. The Balaban J connectivity index is 2.01. The van der Waals surface area contributed by atoms with Crippen molar-refractivity contribution < 1.29 is 4.74 Å². The number of hydrogen-bond donors (Lipinski definition) is 1. The van der Waals surface area contributed by atoms with Crippen LogP contribution in [0.25, 0.3) is 10.6 Å². The summed E-state index contributed by atoms with van der Waals surface area (Å²) in [6.45, 7) is 3.12. The van der Waals surface area contributed by atoms with Gasteiger partial charge in [0.15, 0.2) is 0 Å². The first-order valence-electron chi connectivity index (χ1n) is 7.29. The molecule has 1 aliphatic rings. The standard InChI is InChI=1S/C16H19ClN2OS/c1-3-18-12-5-4-6-14-15(12)19-16(21-14)11-8-7-10(17)9-13(11)20-2/h7-9,12,18H,3-6H2,1-2H3. The summed E-state index contributed by atoms with van der Waals surface area (Å²) in [5, 5.41) is 5.24. The molecule has 0 saturated heterocycles. The second kappa shape index (κ2) is 6.34. The van der Waals surface area contributed by atoms with Crippen molar-refractivity contribution in [1.82, 2.24) is 10.3 Å². The van der Waals surface area contributed by atoms with Crippen molar-refractivity contribution in [3.8, 4) is 16.3 Å². The van der Waals surface area contributed by atoms with Gasteiger partial charge in [-0.3, -0.25) is 0 Å². The fourth-order valence-corrected chi connectivity index (χ4v) is 4.18. The van der Waals surface area contributed by atoms with Gasteiger partial charge in [-0.25, -0.2) is 4.98 Å². The lowest BCUT2D eigenvalue weighted by Crippen LogP contribution is -2.24. The summed E-state index contributed by atoms with van der Waals surface area (Å²) in [7, 11) is 1.67. The summed E-state index contributed by atoms with van der Waals surface area (Å²) in [6.07, 6.45) is 3.52. The molecule has 1 aromatic heterocycles. The second-order valence-electron chi connectivity index (χ2n) is 5.17. The fraction of sp³-hybridized carbons (Fsp3) is 0.438. The topological polar surface area (TPSA) is 34.1 Å². The van der Waals surface area contributed by atoms with Crippen molar-refractivity contribution in [2.75, 3.05) is 13.7 Å². The Kier molecular flexibility index (Phi) is 4.48. The number of aryl methyl sites for hydroxylation is 1. The van der Waals surface area contributed by atoms with Crippen molar-refractivity contribution in [2.45, 2.75) is 32.2 Å². The van der Waals surface area contributed by atoms with E-state index >= 15 is 0 Å². The van der Waals surface area contributed by atoms with E-state index in [1.807, 2.05) is 18.2 Å². The number of nitrogens with one attached hydrogen (secondary N) is 1. The Morgan fingerprint density at radius 1 is 1.48 bits per heavy atom. The maximum atomic E-state index is 6.04. The molecule has 3 nitrogen and oxygen atoms in total. The molecular formula is C16H19ClN2OS. The Morgan fingerprint density at radius 2 is 2.33 bits per heavy atom. The third-order valence-corrected chi connectivity index (χ3v) is 5.20. The molecule has 0 fully saturated rings. The molecule has 0 saturated carbocycles. The molecule has 0 aliphatic heterocycles. The molecular weight excluding hydrogens is 304 g/mol. The van der Waals surface area contributed by atoms with Crippen LogP contribution >= 0.6 is 22.9 Å². The van der Waals surface area contributed by atoms with Crippen LogP contribution in [0.1, 0.15) is 36.4 Å². The SMILES string of the molecule is CCNC1CCCc2sc(-c3ccc(Cl)cc3OC)nc21. The summed E-state index contributed by atoms with van der Waals surface area (Å²) in [5.41, 5.74) is 2.25. The predicted octanol–water partition coefficient (Wildman–Crippen LogP) is 4.46. The van der Waals surface area contributed by atoms with Crippen LogP contribution in [-0.4, -0.2) is 18.6 Å². The van der Waals surface area contributed by atoms with Crippen molar-refractivity contribution in [1.29, 1.82) is 0 Å². The lowest BCUT2D eigenvalue weighted by atomic mass is 9.97. The van der Waals surface area contributed by atoms with Gasteiger partial charge in [0.1, 0.15) is 10.8 Å². The summed E-state index contributed by atoms with van der Waals surface area (Å²) in [4.78, 5) is 6.29. The van der Waals surface area contributed by atoms with Crippen molar-refractivity contribution in [2.24, 2.45) is 0 Å². The molecule has 0 amide bonds. The molecule has 0 bridgehead atoms. The number of halogens is 1. The van der Waals surface area contributed by atoms with Gasteiger partial charge >= 0.3 is 0 Å². The summed E-state index contributed by atoms with van der Waals surface area (Å²) >= 11 is 7.82. The van der Waals surface area contributed by atoms with Crippen LogP contribution in [-0.2, 0) is 6.42 Å². The van der Waals surface area contributed by atoms with Gasteiger partial charge in [0.05, 0.1) is 24.4 Å². The van der Waals surface area contributed by atoms with Gasteiger partial charge in [-0.05, 0) is 44.0 Å². The maximum Gasteiger partial charge on any atom is 0.130 e. The lowest BCUT2D eigenvalue weighted by Gasteiger charge is -2.21. The molecule has 2 aromatic rings. The van der Waals surface area contributed by atoms with E-state index in [2.05, 4.69) is 12.2 Å². The van der Waals surface area contributed by atoms with Crippen LogP contribution in [0.4, 0.5) is 0 Å². The number of rotatable bonds is 4. The van der Waals surface area contributed by atoms with Gasteiger partial charge in [-0.1, -0.05) is 18.5 Å². The molecule has 1 aliphatic carbocycles. The molecule has 1 aromatic carbocycles. The molecule has 1 heterocycles. The van der Waals surface area contributed by atoms with Crippen LogP contribution in [0.2, 0.25) is 5.02 Å². The average Bonchev–Trinajstić information content (AvgIpc) is 2.92. The van der Waals surface area contributed by atoms with Crippen molar-refractivity contribution in [3.05, 3.63) is 33.8 Å². The monoisotopic (exact) mass is 322 g/mol. The number of nitrogens with zero attached hydrogens (tertiary/aromatic N) is 1. The number of thiazole rings is 1. The van der Waals surface area contributed by atoms with Crippen LogP contribution < -0.4 is 10.1 Å². The quantitative estimate of drug-likeness (QED) is 0.902. The highest BCUT2D eigenvalue weighted by atomic mass is 35.5. The minimum absolute atomic E-state index is 0.391. The maximum absolute atomic E-state index is 6.04. The number of fused-ring (bicyclic) bond motifs is 1. The average molecular weight is 323 g/mol. The molecule has 1 N–H and O–H groups in total.